The highest BCUT2D eigenvalue weighted by Crippen LogP contribution is 2.34. The quantitative estimate of drug-likeness (QED) is 0.808. The predicted molar refractivity (Wildman–Crippen MR) is 91.9 cm³/mol. The first kappa shape index (κ1) is 14.2. The Balaban J connectivity index is 1.70. The monoisotopic (exact) mass is 304 g/mol. The van der Waals surface area contributed by atoms with E-state index in [1.54, 1.807) is 0 Å². The van der Waals surface area contributed by atoms with E-state index in [1.807, 2.05) is 36.2 Å². The molecule has 1 atom stereocenters. The third-order valence-electron chi connectivity index (χ3n) is 5.01. The molecule has 1 unspecified atom stereocenters. The van der Waals surface area contributed by atoms with Crippen LogP contribution in [0.25, 0.3) is 5.57 Å². The molecule has 2 aromatic rings. The number of hydrogen-bond donors (Lipinski definition) is 0. The molecular weight excluding hydrogens is 284 g/mol. The van der Waals surface area contributed by atoms with E-state index in [0.717, 1.165) is 36.2 Å². The zero-order valence-corrected chi connectivity index (χ0v) is 13.3. The van der Waals surface area contributed by atoms with Crippen molar-refractivity contribution in [1.29, 1.82) is 0 Å². The van der Waals surface area contributed by atoms with Gasteiger partial charge in [-0.15, -0.1) is 0 Å². The fourth-order valence-corrected chi connectivity index (χ4v) is 3.82. The highest BCUT2D eigenvalue weighted by Gasteiger charge is 2.37. The molecule has 1 amide bonds. The molecule has 0 spiro atoms. The fourth-order valence-electron chi connectivity index (χ4n) is 3.82. The Labute approximate surface area is 136 Å². The van der Waals surface area contributed by atoms with Gasteiger partial charge in [0.15, 0.2) is 0 Å². The van der Waals surface area contributed by atoms with Crippen molar-refractivity contribution < 1.29 is 4.79 Å². The number of amides is 1. The van der Waals surface area contributed by atoms with Gasteiger partial charge in [-0.05, 0) is 34.8 Å². The molecule has 3 nitrogen and oxygen atoms in total. The van der Waals surface area contributed by atoms with Crippen LogP contribution >= 0.6 is 0 Å². The van der Waals surface area contributed by atoms with Crippen LogP contribution in [-0.2, 0) is 13.0 Å². The average Bonchev–Trinajstić information content (AvgIpc) is 2.60. The third-order valence-corrected chi connectivity index (χ3v) is 5.01. The lowest BCUT2D eigenvalue weighted by Crippen LogP contribution is -2.53. The van der Waals surface area contributed by atoms with Gasteiger partial charge in [-0.25, -0.2) is 0 Å². The van der Waals surface area contributed by atoms with Crippen molar-refractivity contribution in [3.8, 4) is 0 Å². The molecule has 3 heteroatoms. The molecule has 2 aliphatic rings. The molecule has 2 aliphatic heterocycles. The van der Waals surface area contributed by atoms with Crippen LogP contribution in [0.4, 0.5) is 0 Å². The summed E-state index contributed by atoms with van der Waals surface area (Å²) in [6.45, 7) is 6.12. The summed E-state index contributed by atoms with van der Waals surface area (Å²) in [6.07, 6.45) is 0.953. The molecular formula is C20H20N2O. The predicted octanol–water partition coefficient (Wildman–Crippen LogP) is 3.17. The van der Waals surface area contributed by atoms with E-state index in [-0.39, 0.29) is 12.1 Å². The zero-order chi connectivity index (χ0) is 16.0. The van der Waals surface area contributed by atoms with Crippen LogP contribution in [0.1, 0.15) is 27.0 Å². The molecule has 4 rings (SSSR count). The molecule has 116 valence electrons. The zero-order valence-electron chi connectivity index (χ0n) is 13.3. The van der Waals surface area contributed by atoms with Crippen LogP contribution in [0.15, 0.2) is 55.1 Å². The van der Waals surface area contributed by atoms with Crippen molar-refractivity contribution in [2.75, 3.05) is 13.6 Å². The lowest BCUT2D eigenvalue weighted by atomic mass is 9.91. The summed E-state index contributed by atoms with van der Waals surface area (Å²) >= 11 is 0. The molecule has 0 saturated heterocycles. The van der Waals surface area contributed by atoms with Gasteiger partial charge in [0.05, 0.1) is 0 Å². The maximum Gasteiger partial charge on any atom is 0.255 e. The molecule has 2 heterocycles. The first-order valence-electron chi connectivity index (χ1n) is 8.03. The SMILES string of the molecule is C=C1c2ccccc2C(=O)N(C)C1N1CCc2ccccc2C1. The highest BCUT2D eigenvalue weighted by molar-refractivity contribution is 6.03. The van der Waals surface area contributed by atoms with Crippen LogP contribution in [0.5, 0.6) is 0 Å². The average molecular weight is 304 g/mol. The second kappa shape index (κ2) is 5.36. The summed E-state index contributed by atoms with van der Waals surface area (Å²) in [5.41, 5.74) is 5.53. The molecule has 23 heavy (non-hydrogen) atoms. The van der Waals surface area contributed by atoms with Crippen molar-refractivity contribution in [1.82, 2.24) is 9.80 Å². The summed E-state index contributed by atoms with van der Waals surface area (Å²) in [7, 11) is 1.88. The van der Waals surface area contributed by atoms with Crippen LogP contribution in [0.2, 0.25) is 0 Å². The summed E-state index contributed by atoms with van der Waals surface area (Å²) < 4.78 is 0. The minimum Gasteiger partial charge on any atom is -0.322 e. The molecule has 0 fully saturated rings. The number of carbonyl (C=O) groups is 1. The van der Waals surface area contributed by atoms with E-state index >= 15 is 0 Å². The smallest absolute Gasteiger partial charge is 0.255 e. The number of fused-ring (bicyclic) bond motifs is 2. The number of benzene rings is 2. The van der Waals surface area contributed by atoms with Crippen LogP contribution < -0.4 is 0 Å². The van der Waals surface area contributed by atoms with Gasteiger partial charge >= 0.3 is 0 Å². The van der Waals surface area contributed by atoms with Gasteiger partial charge < -0.3 is 4.90 Å². The van der Waals surface area contributed by atoms with E-state index in [1.165, 1.54) is 11.1 Å². The lowest BCUT2D eigenvalue weighted by Gasteiger charge is -2.44. The molecule has 0 saturated carbocycles. The Hall–Kier alpha value is -2.39. The van der Waals surface area contributed by atoms with Gasteiger partial charge in [-0.2, -0.15) is 0 Å². The lowest BCUT2D eigenvalue weighted by molar-refractivity contribution is 0.0512. The second-order valence-corrected chi connectivity index (χ2v) is 6.35. The van der Waals surface area contributed by atoms with Crippen LogP contribution in [0.3, 0.4) is 0 Å². The molecule has 0 aromatic heterocycles. The standard InChI is InChI=1S/C20H20N2O/c1-14-17-9-5-6-10-18(17)20(23)21(2)19(14)22-12-11-15-7-3-4-8-16(15)13-22/h3-10,19H,1,11-13H2,2H3. The normalized spacial score (nSPS) is 21.1. The van der Waals surface area contributed by atoms with Crippen LogP contribution in [-0.4, -0.2) is 35.5 Å². The number of hydrogen-bond acceptors (Lipinski definition) is 2. The van der Waals surface area contributed by atoms with E-state index in [0.29, 0.717) is 0 Å². The molecule has 0 radical (unpaired) electrons. The third kappa shape index (κ3) is 2.20. The van der Waals surface area contributed by atoms with Crippen molar-refractivity contribution in [3.63, 3.8) is 0 Å². The number of carbonyl (C=O) groups excluding carboxylic acids is 1. The number of nitrogens with zero attached hydrogens (tertiary/aromatic N) is 2. The van der Waals surface area contributed by atoms with Crippen molar-refractivity contribution in [2.45, 2.75) is 19.1 Å². The Morgan fingerprint density at radius 1 is 1.00 bits per heavy atom. The van der Waals surface area contributed by atoms with Crippen molar-refractivity contribution in [3.05, 3.63) is 77.4 Å². The second-order valence-electron chi connectivity index (χ2n) is 6.35. The van der Waals surface area contributed by atoms with Gasteiger partial charge in [0.25, 0.3) is 5.91 Å². The molecule has 0 aliphatic carbocycles. The maximum atomic E-state index is 12.7. The molecule has 0 bridgehead atoms. The number of likely N-dealkylation sites (N-methyl/N-ethyl adjacent to an activating group) is 1. The van der Waals surface area contributed by atoms with Crippen molar-refractivity contribution >= 4 is 11.5 Å². The summed E-state index contributed by atoms with van der Waals surface area (Å²) in [5, 5.41) is 0. The topological polar surface area (TPSA) is 23.6 Å². The van der Waals surface area contributed by atoms with Crippen LogP contribution in [0, 0.1) is 0 Å². The first-order chi connectivity index (χ1) is 11.2. The van der Waals surface area contributed by atoms with E-state index in [2.05, 4.69) is 35.7 Å². The minimum absolute atomic E-state index is 0.0641. The summed E-state index contributed by atoms with van der Waals surface area (Å²) in [6, 6.07) is 16.4. The van der Waals surface area contributed by atoms with Gasteiger partial charge in [0, 0.05) is 25.7 Å². The minimum atomic E-state index is -0.0641. The van der Waals surface area contributed by atoms with Gasteiger partial charge in [0.1, 0.15) is 6.17 Å². The summed E-state index contributed by atoms with van der Waals surface area (Å²) in [4.78, 5) is 16.9. The molecule has 2 aromatic carbocycles. The van der Waals surface area contributed by atoms with E-state index in [4.69, 9.17) is 0 Å². The maximum absolute atomic E-state index is 12.7. The highest BCUT2D eigenvalue weighted by atomic mass is 16.2. The van der Waals surface area contributed by atoms with Gasteiger partial charge in [-0.1, -0.05) is 49.0 Å². The molecule has 0 N–H and O–H groups in total. The first-order valence-corrected chi connectivity index (χ1v) is 8.03. The Kier molecular flexibility index (Phi) is 3.31. The largest absolute Gasteiger partial charge is 0.322 e. The Bertz CT molecular complexity index is 796. The Morgan fingerprint density at radius 2 is 1.65 bits per heavy atom. The van der Waals surface area contributed by atoms with Gasteiger partial charge in [-0.3, -0.25) is 9.69 Å². The summed E-state index contributed by atoms with van der Waals surface area (Å²) in [5.74, 6) is 0.0804. The fraction of sp³-hybridized carbons (Fsp3) is 0.250. The van der Waals surface area contributed by atoms with E-state index < -0.39 is 0 Å². The Morgan fingerprint density at radius 3 is 2.43 bits per heavy atom. The number of rotatable bonds is 1. The van der Waals surface area contributed by atoms with Gasteiger partial charge in [0.2, 0.25) is 0 Å². The van der Waals surface area contributed by atoms with E-state index in [9.17, 15) is 4.79 Å². The van der Waals surface area contributed by atoms with Crippen molar-refractivity contribution in [2.24, 2.45) is 0 Å².